The van der Waals surface area contributed by atoms with Crippen molar-refractivity contribution in [3.8, 4) is 0 Å². The van der Waals surface area contributed by atoms with Crippen molar-refractivity contribution in [1.82, 2.24) is 5.32 Å². The Morgan fingerprint density at radius 2 is 1.76 bits per heavy atom. The van der Waals surface area contributed by atoms with E-state index in [2.05, 4.69) is 17.4 Å². The Morgan fingerprint density at radius 3 is 2.60 bits per heavy atom. The summed E-state index contributed by atoms with van der Waals surface area (Å²) < 4.78 is 5.08. The minimum atomic E-state index is -0.365. The smallest absolute Gasteiger partial charge is 0.310 e. The van der Waals surface area contributed by atoms with Crippen molar-refractivity contribution in [1.29, 1.82) is 0 Å². The van der Waals surface area contributed by atoms with Gasteiger partial charge in [0, 0.05) is 6.54 Å². The van der Waals surface area contributed by atoms with Gasteiger partial charge in [0.05, 0.1) is 6.42 Å². The van der Waals surface area contributed by atoms with Crippen molar-refractivity contribution in [3.05, 3.63) is 70.8 Å². The molecule has 0 radical (unpaired) electrons. The van der Waals surface area contributed by atoms with Crippen molar-refractivity contribution < 1.29 is 14.3 Å². The van der Waals surface area contributed by atoms with E-state index in [1.54, 1.807) is 0 Å². The molecule has 130 valence electrons. The fraction of sp³-hybridized carbons (Fsp3) is 0.333. The van der Waals surface area contributed by atoms with Crippen LogP contribution < -0.4 is 5.32 Å². The molecule has 0 atom stereocenters. The number of amides is 1. The monoisotopic (exact) mass is 337 g/mol. The largest absolute Gasteiger partial charge is 0.455 e. The van der Waals surface area contributed by atoms with Crippen molar-refractivity contribution in [2.24, 2.45) is 0 Å². The summed E-state index contributed by atoms with van der Waals surface area (Å²) >= 11 is 0. The number of carbonyl (C=O) groups excluding carboxylic acids is 2. The highest BCUT2D eigenvalue weighted by Gasteiger charge is 2.13. The van der Waals surface area contributed by atoms with Crippen LogP contribution in [0.5, 0.6) is 0 Å². The molecule has 4 nitrogen and oxygen atoms in total. The Balaban J connectivity index is 1.36. The zero-order chi connectivity index (χ0) is 17.5. The third-order valence-corrected chi connectivity index (χ3v) is 4.45. The minimum Gasteiger partial charge on any atom is -0.455 e. The van der Waals surface area contributed by atoms with Gasteiger partial charge in [-0.05, 0) is 47.9 Å². The Labute approximate surface area is 148 Å². The van der Waals surface area contributed by atoms with E-state index in [1.807, 2.05) is 36.4 Å². The molecule has 0 heterocycles. The van der Waals surface area contributed by atoms with Crippen LogP contribution in [0.25, 0.3) is 0 Å². The summed E-state index contributed by atoms with van der Waals surface area (Å²) in [5, 5.41) is 2.77. The lowest BCUT2D eigenvalue weighted by Crippen LogP contribution is -2.30. The summed E-state index contributed by atoms with van der Waals surface area (Å²) in [6.07, 6.45) is 4.37. The number of rotatable bonds is 7. The number of esters is 1. The highest BCUT2D eigenvalue weighted by Crippen LogP contribution is 2.23. The first-order valence-electron chi connectivity index (χ1n) is 8.77. The predicted octanol–water partition coefficient (Wildman–Crippen LogP) is 2.62. The Kier molecular flexibility index (Phi) is 5.83. The van der Waals surface area contributed by atoms with Crippen molar-refractivity contribution in [2.45, 2.75) is 32.1 Å². The average Bonchev–Trinajstić information content (AvgIpc) is 3.09. The summed E-state index contributed by atoms with van der Waals surface area (Å²) in [7, 11) is 0. The highest BCUT2D eigenvalue weighted by atomic mass is 16.5. The first kappa shape index (κ1) is 17.2. The van der Waals surface area contributed by atoms with Crippen LogP contribution in [0, 0.1) is 0 Å². The third kappa shape index (κ3) is 5.18. The molecule has 0 saturated carbocycles. The molecule has 0 aliphatic heterocycles. The molecule has 4 heteroatoms. The molecule has 1 aliphatic rings. The van der Waals surface area contributed by atoms with Gasteiger partial charge in [-0.25, -0.2) is 0 Å². The number of hydrogen-bond donors (Lipinski definition) is 1. The van der Waals surface area contributed by atoms with Gasteiger partial charge in [0.1, 0.15) is 0 Å². The van der Waals surface area contributed by atoms with Crippen LogP contribution in [0.2, 0.25) is 0 Å². The van der Waals surface area contributed by atoms with Gasteiger partial charge in [0.15, 0.2) is 6.61 Å². The molecule has 0 saturated heterocycles. The third-order valence-electron chi connectivity index (χ3n) is 4.45. The van der Waals surface area contributed by atoms with E-state index in [1.165, 1.54) is 17.5 Å². The lowest BCUT2D eigenvalue weighted by Gasteiger charge is -2.08. The number of aryl methyl sites for hydroxylation is 2. The number of benzene rings is 2. The molecule has 0 unspecified atom stereocenters. The van der Waals surface area contributed by atoms with Gasteiger partial charge in [-0.1, -0.05) is 48.5 Å². The van der Waals surface area contributed by atoms with E-state index in [0.29, 0.717) is 6.54 Å². The van der Waals surface area contributed by atoms with E-state index in [-0.39, 0.29) is 24.9 Å². The number of ether oxygens (including phenoxy) is 1. The number of carbonyl (C=O) groups is 2. The Hall–Kier alpha value is -2.62. The van der Waals surface area contributed by atoms with E-state index in [9.17, 15) is 9.59 Å². The van der Waals surface area contributed by atoms with E-state index in [4.69, 9.17) is 4.74 Å². The molecule has 2 aromatic rings. The zero-order valence-electron chi connectivity index (χ0n) is 14.3. The van der Waals surface area contributed by atoms with Gasteiger partial charge in [-0.15, -0.1) is 0 Å². The van der Waals surface area contributed by atoms with Crippen LogP contribution in [0.4, 0.5) is 0 Å². The topological polar surface area (TPSA) is 55.4 Å². The molecule has 0 aromatic heterocycles. The van der Waals surface area contributed by atoms with E-state index in [0.717, 1.165) is 30.4 Å². The highest BCUT2D eigenvalue weighted by molar-refractivity contribution is 5.81. The SMILES string of the molecule is O=C(COC(=O)Cc1ccc2c(c1)CCC2)NCCc1ccccc1. The summed E-state index contributed by atoms with van der Waals surface area (Å²) in [6.45, 7) is 0.309. The molecule has 25 heavy (non-hydrogen) atoms. The maximum absolute atomic E-state index is 11.9. The van der Waals surface area contributed by atoms with Crippen molar-refractivity contribution >= 4 is 11.9 Å². The molecule has 0 spiro atoms. The summed E-state index contributed by atoms with van der Waals surface area (Å²) in [6, 6.07) is 16.1. The van der Waals surface area contributed by atoms with Crippen LogP contribution >= 0.6 is 0 Å². The summed E-state index contributed by atoms with van der Waals surface area (Å²) in [5.41, 5.74) is 4.84. The Bertz CT molecular complexity index is 740. The molecular weight excluding hydrogens is 314 g/mol. The molecule has 1 N–H and O–H groups in total. The van der Waals surface area contributed by atoms with Crippen molar-refractivity contribution in [3.63, 3.8) is 0 Å². The fourth-order valence-corrected chi connectivity index (χ4v) is 3.14. The Morgan fingerprint density at radius 1 is 0.960 bits per heavy atom. The molecular formula is C21H23NO3. The van der Waals surface area contributed by atoms with E-state index < -0.39 is 0 Å². The first-order chi connectivity index (χ1) is 12.2. The average molecular weight is 337 g/mol. The zero-order valence-corrected chi connectivity index (χ0v) is 14.3. The van der Waals surface area contributed by atoms with Crippen LogP contribution in [0.1, 0.15) is 28.7 Å². The van der Waals surface area contributed by atoms with Gasteiger partial charge >= 0.3 is 5.97 Å². The molecule has 0 bridgehead atoms. The standard InChI is InChI=1S/C21H23NO3/c23-20(22-12-11-16-5-2-1-3-6-16)15-25-21(24)14-17-9-10-18-7-4-8-19(18)13-17/h1-3,5-6,9-10,13H,4,7-8,11-12,14-15H2,(H,22,23). The second-order valence-electron chi connectivity index (χ2n) is 6.38. The van der Waals surface area contributed by atoms with Crippen molar-refractivity contribution in [2.75, 3.05) is 13.2 Å². The fourth-order valence-electron chi connectivity index (χ4n) is 3.14. The van der Waals surface area contributed by atoms with Gasteiger partial charge in [0.25, 0.3) is 5.91 Å². The van der Waals surface area contributed by atoms with Gasteiger partial charge in [-0.3, -0.25) is 9.59 Å². The lowest BCUT2D eigenvalue weighted by molar-refractivity contribution is -0.147. The van der Waals surface area contributed by atoms with Gasteiger partial charge in [-0.2, -0.15) is 0 Å². The second kappa shape index (κ2) is 8.47. The van der Waals surface area contributed by atoms with Crippen LogP contribution in [-0.2, 0) is 40.0 Å². The number of hydrogen-bond acceptors (Lipinski definition) is 3. The predicted molar refractivity (Wildman–Crippen MR) is 96.3 cm³/mol. The lowest BCUT2D eigenvalue weighted by atomic mass is 10.0. The molecule has 3 rings (SSSR count). The molecule has 0 fully saturated rings. The maximum Gasteiger partial charge on any atom is 0.310 e. The minimum absolute atomic E-state index is 0.213. The number of fused-ring (bicyclic) bond motifs is 1. The molecule has 1 amide bonds. The second-order valence-corrected chi connectivity index (χ2v) is 6.38. The van der Waals surface area contributed by atoms with Crippen LogP contribution in [0.15, 0.2) is 48.5 Å². The van der Waals surface area contributed by atoms with Gasteiger partial charge < -0.3 is 10.1 Å². The summed E-state index contributed by atoms with van der Waals surface area (Å²) in [5.74, 6) is -0.630. The quantitative estimate of drug-likeness (QED) is 0.790. The van der Waals surface area contributed by atoms with E-state index >= 15 is 0 Å². The van der Waals surface area contributed by atoms with Crippen LogP contribution in [0.3, 0.4) is 0 Å². The van der Waals surface area contributed by atoms with Gasteiger partial charge in [0.2, 0.25) is 0 Å². The molecule has 2 aromatic carbocycles. The summed E-state index contributed by atoms with van der Waals surface area (Å²) in [4.78, 5) is 23.7. The molecule has 1 aliphatic carbocycles. The number of nitrogens with one attached hydrogen (secondary N) is 1. The maximum atomic E-state index is 11.9. The normalized spacial score (nSPS) is 12.5. The van der Waals surface area contributed by atoms with Crippen LogP contribution in [-0.4, -0.2) is 25.0 Å². The first-order valence-corrected chi connectivity index (χ1v) is 8.77.